The molecule has 0 spiro atoms. The predicted molar refractivity (Wildman–Crippen MR) is 111 cm³/mol. The van der Waals surface area contributed by atoms with E-state index in [0.717, 1.165) is 12.0 Å². The van der Waals surface area contributed by atoms with Gasteiger partial charge in [-0.2, -0.15) is 0 Å². The Morgan fingerprint density at radius 1 is 0.929 bits per heavy atom. The molecule has 7 heteroatoms. The minimum absolute atomic E-state index is 0.122. The van der Waals surface area contributed by atoms with Crippen molar-refractivity contribution in [2.75, 3.05) is 11.9 Å². The summed E-state index contributed by atoms with van der Waals surface area (Å²) in [5.74, 6) is -0.699. The fourth-order valence-corrected chi connectivity index (χ4v) is 2.86. The highest BCUT2D eigenvalue weighted by atomic mass is 35.5. The molecule has 0 saturated carbocycles. The van der Waals surface area contributed by atoms with Crippen LogP contribution in [0.4, 0.5) is 5.69 Å². The monoisotopic (exact) mass is 413 g/mol. The van der Waals surface area contributed by atoms with E-state index in [9.17, 15) is 9.59 Å². The third kappa shape index (κ3) is 5.09. The second kappa shape index (κ2) is 9.35. The third-order valence-electron chi connectivity index (χ3n) is 4.02. The quantitative estimate of drug-likeness (QED) is 0.579. The molecule has 0 aliphatic rings. The van der Waals surface area contributed by atoms with Crippen LogP contribution in [0.5, 0.6) is 0 Å². The number of halogens is 2. The summed E-state index contributed by atoms with van der Waals surface area (Å²) >= 11 is 11.7. The minimum Gasteiger partial charge on any atom is -0.352 e. The van der Waals surface area contributed by atoms with E-state index in [2.05, 4.69) is 15.6 Å². The standard InChI is InChI=1S/C21H17Cl2N3O2/c22-17-12-15(13-25-19(17)23)20(27)26-18-9-5-4-8-16(18)21(28)24-11-10-14-6-2-1-3-7-14/h1-9,12-13H,10-11H2,(H,24,28)(H,26,27). The molecule has 0 fully saturated rings. The van der Waals surface area contributed by atoms with Gasteiger partial charge in [-0.05, 0) is 30.2 Å². The van der Waals surface area contributed by atoms with Gasteiger partial charge in [-0.15, -0.1) is 0 Å². The number of carbonyl (C=O) groups excluding carboxylic acids is 2. The first-order valence-electron chi connectivity index (χ1n) is 8.58. The van der Waals surface area contributed by atoms with Crippen LogP contribution in [-0.4, -0.2) is 23.3 Å². The molecule has 0 aliphatic carbocycles. The summed E-state index contributed by atoms with van der Waals surface area (Å²) in [4.78, 5) is 28.9. The molecule has 0 atom stereocenters. The van der Waals surface area contributed by atoms with E-state index in [-0.39, 0.29) is 21.6 Å². The molecule has 1 aromatic heterocycles. The topological polar surface area (TPSA) is 71.1 Å². The summed E-state index contributed by atoms with van der Waals surface area (Å²) < 4.78 is 0. The van der Waals surface area contributed by atoms with Crippen molar-refractivity contribution in [1.82, 2.24) is 10.3 Å². The molecule has 142 valence electrons. The molecule has 2 amide bonds. The van der Waals surface area contributed by atoms with E-state index in [1.807, 2.05) is 30.3 Å². The van der Waals surface area contributed by atoms with Crippen molar-refractivity contribution >= 4 is 40.7 Å². The van der Waals surface area contributed by atoms with E-state index >= 15 is 0 Å². The molecular formula is C21H17Cl2N3O2. The third-order valence-corrected chi connectivity index (χ3v) is 4.71. The lowest BCUT2D eigenvalue weighted by atomic mass is 10.1. The second-order valence-corrected chi connectivity index (χ2v) is 6.75. The zero-order chi connectivity index (χ0) is 19.9. The van der Waals surface area contributed by atoms with Crippen molar-refractivity contribution < 1.29 is 9.59 Å². The van der Waals surface area contributed by atoms with Crippen LogP contribution in [0.15, 0.2) is 66.9 Å². The lowest BCUT2D eigenvalue weighted by Crippen LogP contribution is -2.27. The summed E-state index contributed by atoms with van der Waals surface area (Å²) in [5, 5.41) is 5.90. The molecule has 3 aromatic rings. The van der Waals surface area contributed by atoms with Gasteiger partial charge in [0, 0.05) is 12.7 Å². The van der Waals surface area contributed by atoms with Crippen molar-refractivity contribution in [3.8, 4) is 0 Å². The number of benzene rings is 2. The van der Waals surface area contributed by atoms with Crippen LogP contribution in [0, 0.1) is 0 Å². The summed E-state index contributed by atoms with van der Waals surface area (Å²) in [5.41, 5.74) is 2.15. The molecule has 2 aromatic carbocycles. The highest BCUT2D eigenvalue weighted by molar-refractivity contribution is 6.41. The van der Waals surface area contributed by atoms with Crippen LogP contribution < -0.4 is 10.6 Å². The molecule has 3 rings (SSSR count). The van der Waals surface area contributed by atoms with Crippen LogP contribution in [0.2, 0.25) is 10.2 Å². The van der Waals surface area contributed by atoms with Crippen LogP contribution in [0.1, 0.15) is 26.3 Å². The molecule has 0 saturated heterocycles. The number of rotatable bonds is 6. The van der Waals surface area contributed by atoms with E-state index in [1.165, 1.54) is 12.3 Å². The lowest BCUT2D eigenvalue weighted by Gasteiger charge is -2.12. The number of nitrogens with one attached hydrogen (secondary N) is 2. The smallest absolute Gasteiger partial charge is 0.257 e. The summed E-state index contributed by atoms with van der Waals surface area (Å²) in [6.45, 7) is 0.488. The Kier molecular flexibility index (Phi) is 6.63. The number of hydrogen-bond acceptors (Lipinski definition) is 3. The largest absolute Gasteiger partial charge is 0.352 e. The SMILES string of the molecule is O=C(Nc1ccccc1C(=O)NCCc1ccccc1)c1cnc(Cl)c(Cl)c1. The van der Waals surface area contributed by atoms with E-state index < -0.39 is 5.91 Å². The molecule has 0 unspecified atom stereocenters. The number of para-hydroxylation sites is 1. The Balaban J connectivity index is 1.67. The number of anilines is 1. The lowest BCUT2D eigenvalue weighted by molar-refractivity contribution is 0.0955. The van der Waals surface area contributed by atoms with E-state index in [1.54, 1.807) is 24.3 Å². The maximum atomic E-state index is 12.6. The summed E-state index contributed by atoms with van der Waals surface area (Å²) in [7, 11) is 0. The Bertz CT molecular complexity index is 994. The fourth-order valence-electron chi connectivity index (χ4n) is 2.59. The van der Waals surface area contributed by atoms with Gasteiger partial charge in [0.15, 0.2) is 0 Å². The van der Waals surface area contributed by atoms with Crippen molar-refractivity contribution in [3.05, 3.63) is 93.7 Å². The van der Waals surface area contributed by atoms with Gasteiger partial charge in [-0.3, -0.25) is 9.59 Å². The van der Waals surface area contributed by atoms with Gasteiger partial charge < -0.3 is 10.6 Å². The molecule has 1 heterocycles. The summed E-state index contributed by atoms with van der Waals surface area (Å²) in [6.07, 6.45) is 2.04. The molecular weight excluding hydrogens is 397 g/mol. The summed E-state index contributed by atoms with van der Waals surface area (Å²) in [6, 6.07) is 18.1. The number of nitrogens with zero attached hydrogens (tertiary/aromatic N) is 1. The van der Waals surface area contributed by atoms with Crippen molar-refractivity contribution in [3.63, 3.8) is 0 Å². The average molecular weight is 414 g/mol. The Labute approximate surface area is 172 Å². The first-order chi connectivity index (χ1) is 13.5. The zero-order valence-electron chi connectivity index (χ0n) is 14.8. The highest BCUT2D eigenvalue weighted by Gasteiger charge is 2.15. The van der Waals surface area contributed by atoms with Crippen LogP contribution in [-0.2, 0) is 6.42 Å². The number of hydrogen-bond donors (Lipinski definition) is 2. The van der Waals surface area contributed by atoms with Crippen LogP contribution in [0.25, 0.3) is 0 Å². The molecule has 2 N–H and O–H groups in total. The zero-order valence-corrected chi connectivity index (χ0v) is 16.3. The van der Waals surface area contributed by atoms with Crippen molar-refractivity contribution in [1.29, 1.82) is 0 Å². The van der Waals surface area contributed by atoms with Gasteiger partial charge in [0.2, 0.25) is 0 Å². The first-order valence-corrected chi connectivity index (χ1v) is 9.34. The first kappa shape index (κ1) is 19.9. The Morgan fingerprint density at radius 3 is 2.39 bits per heavy atom. The van der Waals surface area contributed by atoms with Crippen molar-refractivity contribution in [2.45, 2.75) is 6.42 Å². The van der Waals surface area contributed by atoms with Gasteiger partial charge in [-0.1, -0.05) is 65.7 Å². The Hall–Kier alpha value is -2.89. The van der Waals surface area contributed by atoms with Gasteiger partial charge in [0.05, 0.1) is 21.8 Å². The molecule has 0 aliphatic heterocycles. The van der Waals surface area contributed by atoms with E-state index in [0.29, 0.717) is 17.8 Å². The number of amides is 2. The van der Waals surface area contributed by atoms with Gasteiger partial charge in [0.25, 0.3) is 11.8 Å². The minimum atomic E-state index is -0.435. The molecule has 5 nitrogen and oxygen atoms in total. The number of carbonyl (C=O) groups is 2. The maximum Gasteiger partial charge on any atom is 0.257 e. The fraction of sp³-hybridized carbons (Fsp3) is 0.0952. The number of aromatic nitrogens is 1. The molecule has 28 heavy (non-hydrogen) atoms. The van der Waals surface area contributed by atoms with Gasteiger partial charge in [-0.25, -0.2) is 4.98 Å². The molecule has 0 radical (unpaired) electrons. The van der Waals surface area contributed by atoms with Crippen LogP contribution in [0.3, 0.4) is 0 Å². The van der Waals surface area contributed by atoms with Crippen molar-refractivity contribution in [2.24, 2.45) is 0 Å². The normalized spacial score (nSPS) is 10.4. The van der Waals surface area contributed by atoms with E-state index in [4.69, 9.17) is 23.2 Å². The van der Waals surface area contributed by atoms with Gasteiger partial charge in [0.1, 0.15) is 5.15 Å². The second-order valence-electron chi connectivity index (χ2n) is 5.99. The molecule has 0 bridgehead atoms. The van der Waals surface area contributed by atoms with Crippen LogP contribution >= 0.6 is 23.2 Å². The average Bonchev–Trinajstić information content (AvgIpc) is 2.71. The number of pyridine rings is 1. The highest BCUT2D eigenvalue weighted by Crippen LogP contribution is 2.21. The predicted octanol–water partition coefficient (Wildman–Crippen LogP) is 4.61. The maximum absolute atomic E-state index is 12.6. The van der Waals surface area contributed by atoms with Gasteiger partial charge >= 0.3 is 0 Å². The Morgan fingerprint density at radius 2 is 1.64 bits per heavy atom.